The Labute approximate surface area is 352 Å². The van der Waals surface area contributed by atoms with Gasteiger partial charge in [0, 0.05) is 0 Å². The van der Waals surface area contributed by atoms with Crippen molar-refractivity contribution in [3.63, 3.8) is 0 Å². The van der Waals surface area contributed by atoms with Crippen molar-refractivity contribution in [1.29, 1.82) is 0 Å². The Morgan fingerprint density at radius 1 is 0.537 bits per heavy atom. The van der Waals surface area contributed by atoms with Crippen LogP contribution in [-0.2, 0) is 32.1 Å². The van der Waals surface area contributed by atoms with Crippen molar-refractivity contribution in [2.75, 3.05) is 0 Å². The standard InChI is InChI=1S/C21H25.C14H29Si3.C13H10.2ClH.Zr/c1-20(2,3)16-7-9-18-14(12-16)11-15-13-17(21(4,5)6)8-10-19(15)18;1-15(2,3)12-10-11-13(16(4,5)6)14(12)17(7,8)9;1-3-7-12(8-4-1)11-13-9-5-2-6-10-13;;;/h7-13H,1-6H3;10,13H,1-9H3;1-10H;2*1H;/q;;;;;+2/p-2. The van der Waals surface area contributed by atoms with Gasteiger partial charge in [-0.3, -0.25) is 0 Å². The number of rotatable bonds is 7. The summed E-state index contributed by atoms with van der Waals surface area (Å²) in [5, 5.41) is 3.72. The molecule has 0 nitrogen and oxygen atoms in total. The van der Waals surface area contributed by atoms with E-state index >= 15 is 0 Å². The van der Waals surface area contributed by atoms with E-state index in [9.17, 15) is 0 Å². The third-order valence-electron chi connectivity index (χ3n) is 11.4. The average Bonchev–Trinajstić information content (AvgIpc) is 3.61. The van der Waals surface area contributed by atoms with Crippen LogP contribution in [0.3, 0.4) is 0 Å². The van der Waals surface area contributed by atoms with Crippen LogP contribution in [0.15, 0.2) is 117 Å². The van der Waals surface area contributed by atoms with Crippen molar-refractivity contribution in [2.45, 2.75) is 120 Å². The van der Waals surface area contributed by atoms with Gasteiger partial charge in [-0.05, 0) is 0 Å². The first kappa shape index (κ1) is 45.1. The molecule has 0 aliphatic heterocycles. The molecule has 0 radical (unpaired) electrons. The van der Waals surface area contributed by atoms with Crippen molar-refractivity contribution >= 4 is 27.4 Å². The van der Waals surface area contributed by atoms with E-state index in [-0.39, 0.29) is 35.6 Å². The summed E-state index contributed by atoms with van der Waals surface area (Å²) in [6, 6.07) is 38.4. The number of benzene rings is 4. The van der Waals surface area contributed by atoms with Gasteiger partial charge in [0.05, 0.1) is 0 Å². The van der Waals surface area contributed by atoms with Crippen molar-refractivity contribution < 1.29 is 46.1 Å². The van der Waals surface area contributed by atoms with Crippen LogP contribution in [0.4, 0.5) is 0 Å². The zero-order valence-corrected chi connectivity index (χ0v) is 42.7. The first-order valence-corrected chi connectivity index (χ1v) is 34.1. The van der Waals surface area contributed by atoms with Crippen LogP contribution in [0.2, 0.25) is 64.5 Å². The fourth-order valence-electron chi connectivity index (χ4n) is 8.87. The van der Waals surface area contributed by atoms with E-state index in [2.05, 4.69) is 204 Å². The van der Waals surface area contributed by atoms with Gasteiger partial charge in [-0.15, -0.1) is 0 Å². The molecule has 0 amide bonds. The second-order valence-electron chi connectivity index (χ2n) is 20.8. The van der Waals surface area contributed by atoms with Crippen molar-refractivity contribution in [3.8, 4) is 11.1 Å². The van der Waals surface area contributed by atoms with E-state index in [1.165, 1.54) is 33.4 Å². The summed E-state index contributed by atoms with van der Waals surface area (Å²) in [6.45, 7) is 38.2. The minimum absolute atomic E-state index is 0. The number of hydrogen-bond acceptors (Lipinski definition) is 0. The van der Waals surface area contributed by atoms with Crippen LogP contribution in [-0.4, -0.2) is 27.4 Å². The molecule has 0 aromatic heterocycles. The first-order chi connectivity index (χ1) is 24.0. The van der Waals surface area contributed by atoms with E-state index in [0.29, 0.717) is 9.17 Å². The van der Waals surface area contributed by atoms with E-state index in [4.69, 9.17) is 0 Å². The molecule has 4 aromatic rings. The number of allylic oxidation sites excluding steroid dienone is 4. The van der Waals surface area contributed by atoms with E-state index in [1.54, 1.807) is 19.5 Å². The Hall–Kier alpha value is -1.66. The van der Waals surface area contributed by atoms with Gasteiger partial charge in [-0.2, -0.15) is 0 Å². The molecule has 4 aromatic carbocycles. The molecule has 54 heavy (non-hydrogen) atoms. The Kier molecular flexibility index (Phi) is 13.3. The maximum absolute atomic E-state index is 3.04. The number of halogens is 2. The minimum atomic E-state index is -3.04. The molecule has 0 spiro atoms. The average molecular weight is 887 g/mol. The van der Waals surface area contributed by atoms with Gasteiger partial charge in [-0.1, -0.05) is 0 Å². The predicted molar refractivity (Wildman–Crippen MR) is 236 cm³/mol. The molecule has 2 aliphatic rings. The molecule has 0 heterocycles. The Morgan fingerprint density at radius 2 is 0.944 bits per heavy atom. The molecular formula is C48H64Cl2Si3Zr. The Morgan fingerprint density at radius 3 is 1.28 bits per heavy atom. The van der Waals surface area contributed by atoms with Gasteiger partial charge in [0.1, 0.15) is 0 Å². The summed E-state index contributed by atoms with van der Waals surface area (Å²) in [7, 11) is -5.09. The fourth-order valence-corrected chi connectivity index (χ4v) is 33.3. The van der Waals surface area contributed by atoms with Crippen LogP contribution in [0.1, 0.15) is 78.5 Å². The molecule has 0 bridgehead atoms. The zero-order chi connectivity index (χ0) is 38.2. The molecule has 2 aliphatic carbocycles. The van der Waals surface area contributed by atoms with E-state index < -0.39 is 45.5 Å². The van der Waals surface area contributed by atoms with Crippen LogP contribution in [0.25, 0.3) is 11.1 Å². The van der Waals surface area contributed by atoms with Gasteiger partial charge >= 0.3 is 330 Å². The summed E-state index contributed by atoms with van der Waals surface area (Å²) in [5.74, 6) is 0. The molecule has 1 unspecified atom stereocenters. The summed E-state index contributed by atoms with van der Waals surface area (Å²) >= 11 is -3.04. The molecule has 0 saturated heterocycles. The molecule has 6 rings (SSSR count). The zero-order valence-electron chi connectivity index (χ0n) is 35.7. The topological polar surface area (TPSA) is 0 Å². The van der Waals surface area contributed by atoms with E-state index in [1.807, 2.05) is 8.48 Å². The molecule has 0 N–H and O–H groups in total. The predicted octanol–water partition coefficient (Wildman–Crippen LogP) is 7.90. The Balaban J connectivity index is 0.00000325. The van der Waals surface area contributed by atoms with Crippen molar-refractivity contribution in [2.24, 2.45) is 0 Å². The number of fused-ring (bicyclic) bond motifs is 3. The van der Waals surface area contributed by atoms with Crippen molar-refractivity contribution in [3.05, 3.63) is 150 Å². The molecule has 6 heteroatoms. The third-order valence-corrected chi connectivity index (χ3v) is 27.5. The van der Waals surface area contributed by atoms with Crippen LogP contribution < -0.4 is 24.8 Å². The number of hydrogen-bond donors (Lipinski definition) is 0. The molecule has 0 saturated carbocycles. The molecular weight excluding hydrogens is 823 g/mol. The maximum Gasteiger partial charge on any atom is -1.00 e. The Bertz CT molecular complexity index is 1990. The monoisotopic (exact) mass is 884 g/mol. The fraction of sp³-hybridized carbons (Fsp3) is 0.396. The SMILES string of the molecule is CC(C)(C)c1ccc2c(c1)[CH]([Zr+2]([C]1=CC([Si](C)(C)C)=C([Si](C)(C)C)C1[Si](C)(C)C)=[C](c1ccccc1)c1ccccc1)c1cc(C(C)(C)C)ccc1-2.[Cl-].[Cl-]. The van der Waals surface area contributed by atoms with Gasteiger partial charge in [0.2, 0.25) is 0 Å². The smallest absolute Gasteiger partial charge is 1.00 e. The van der Waals surface area contributed by atoms with Gasteiger partial charge < -0.3 is 24.8 Å². The summed E-state index contributed by atoms with van der Waals surface area (Å²) in [4.78, 5) is 0. The van der Waals surface area contributed by atoms with Crippen LogP contribution >= 0.6 is 0 Å². The minimum Gasteiger partial charge on any atom is -1.00 e. The summed E-state index contributed by atoms with van der Waals surface area (Å²) in [5.41, 5.74) is 12.7. The normalized spacial score (nSPS) is 16.1. The molecule has 1 atom stereocenters. The first-order valence-electron chi connectivity index (χ1n) is 19.6. The van der Waals surface area contributed by atoms with Gasteiger partial charge in [-0.25, -0.2) is 0 Å². The second kappa shape index (κ2) is 15.9. The largest absolute Gasteiger partial charge is 1.00 e. The maximum atomic E-state index is 2.92. The molecule has 0 fully saturated rings. The summed E-state index contributed by atoms with van der Waals surface area (Å²) in [6.07, 6.45) is 2.92. The quantitative estimate of drug-likeness (QED) is 0.166. The van der Waals surface area contributed by atoms with Crippen molar-refractivity contribution in [1.82, 2.24) is 0 Å². The van der Waals surface area contributed by atoms with Crippen LogP contribution in [0, 0.1) is 0 Å². The van der Waals surface area contributed by atoms with Gasteiger partial charge in [0.15, 0.2) is 0 Å². The third kappa shape index (κ3) is 8.75. The molecule has 286 valence electrons. The second-order valence-corrected chi connectivity index (χ2v) is 42.3. The summed E-state index contributed by atoms with van der Waals surface area (Å²) < 4.78 is 3.96. The van der Waals surface area contributed by atoms with E-state index in [0.717, 1.165) is 0 Å². The van der Waals surface area contributed by atoms with Crippen LogP contribution in [0.5, 0.6) is 0 Å². The van der Waals surface area contributed by atoms with Gasteiger partial charge in [0.25, 0.3) is 0 Å².